The fourth-order valence-electron chi connectivity index (χ4n) is 3.18. The van der Waals surface area contributed by atoms with Gasteiger partial charge in [-0.05, 0) is 75.7 Å². The topological polar surface area (TPSA) is 45.4 Å². The van der Waals surface area contributed by atoms with Crippen molar-refractivity contribution in [1.29, 1.82) is 0 Å². The van der Waals surface area contributed by atoms with Gasteiger partial charge in [0.15, 0.2) is 4.24 Å². The molecule has 0 saturated carbocycles. The monoisotopic (exact) mass is 536 g/mol. The van der Waals surface area contributed by atoms with E-state index in [4.69, 9.17) is 9.15 Å². The first-order valence-corrected chi connectivity index (χ1v) is 14.5. The molecule has 1 heterocycles. The van der Waals surface area contributed by atoms with Crippen LogP contribution < -0.4 is 4.74 Å². The van der Waals surface area contributed by atoms with E-state index in [0.29, 0.717) is 6.61 Å². The largest absolute Gasteiger partial charge is 0.611 e. The smallest absolute Gasteiger partial charge is 0.186 e. The van der Waals surface area contributed by atoms with Crippen molar-refractivity contribution in [2.45, 2.75) is 53.1 Å². The summed E-state index contributed by atoms with van der Waals surface area (Å²) in [6.07, 6.45) is 12.8. The van der Waals surface area contributed by atoms with Crippen LogP contribution in [0, 0.1) is 6.92 Å². The Morgan fingerprint density at radius 2 is 1.91 bits per heavy atom. The predicted octanol–water partition coefficient (Wildman–Crippen LogP) is 8.71. The Morgan fingerprint density at radius 3 is 2.53 bits per heavy atom. The molecule has 1 atom stereocenters. The zero-order valence-corrected chi connectivity index (χ0v) is 22.8. The maximum atomic E-state index is 11.9. The van der Waals surface area contributed by atoms with Gasteiger partial charge in [-0.15, -0.1) is 0 Å². The van der Waals surface area contributed by atoms with Gasteiger partial charge in [0, 0.05) is 17.0 Å². The number of ether oxygens (including phenoxy) is 1. The molecule has 0 bridgehead atoms. The summed E-state index contributed by atoms with van der Waals surface area (Å²) in [6, 6.07) is 11.9. The van der Waals surface area contributed by atoms with Crippen LogP contribution in [0.15, 0.2) is 55.8 Å². The number of aryl methyl sites for hydroxylation is 1. The maximum Gasteiger partial charge on any atom is 0.186 e. The van der Waals surface area contributed by atoms with Gasteiger partial charge < -0.3 is 13.7 Å². The van der Waals surface area contributed by atoms with Crippen LogP contribution in [0.25, 0.3) is 17.0 Å². The Labute approximate surface area is 208 Å². The third-order valence-electron chi connectivity index (χ3n) is 4.95. The van der Waals surface area contributed by atoms with Gasteiger partial charge in [0.05, 0.1) is 10.7 Å². The standard InChI is InChI=1S/C20H19BrO3S2.C6H14/c1-13-5-4-6-18(16(13)11-19(25-2)26(3)22)24-12-14-9-15-7-8-23-20(15)17(21)10-14;1-3-5-6-4-2/h4-11H,12H2,1-3H3;3-6H2,1-2H3. The molecular formula is C26H33BrO3S2. The molecule has 3 nitrogen and oxygen atoms in total. The molecule has 32 heavy (non-hydrogen) atoms. The van der Waals surface area contributed by atoms with Crippen molar-refractivity contribution in [1.82, 2.24) is 0 Å². The van der Waals surface area contributed by atoms with Crippen molar-refractivity contribution in [2.24, 2.45) is 0 Å². The summed E-state index contributed by atoms with van der Waals surface area (Å²) < 4.78 is 25.2. The fourth-order valence-corrected chi connectivity index (χ4v) is 5.26. The number of hydrogen-bond donors (Lipinski definition) is 0. The van der Waals surface area contributed by atoms with Gasteiger partial charge in [-0.3, -0.25) is 0 Å². The number of unbranched alkanes of at least 4 members (excludes halogenated alkanes) is 3. The molecule has 0 N–H and O–H groups in total. The van der Waals surface area contributed by atoms with Gasteiger partial charge in [0.2, 0.25) is 0 Å². The summed E-state index contributed by atoms with van der Waals surface area (Å²) in [5, 5.41) is 1.04. The Morgan fingerprint density at radius 1 is 1.19 bits per heavy atom. The first kappa shape index (κ1) is 26.9. The summed E-state index contributed by atoms with van der Waals surface area (Å²) in [6.45, 7) is 6.93. The van der Waals surface area contributed by atoms with E-state index in [1.165, 1.54) is 37.4 Å². The Bertz CT molecular complexity index is 1010. The minimum Gasteiger partial charge on any atom is -0.611 e. The van der Waals surface area contributed by atoms with E-state index in [2.05, 4.69) is 35.8 Å². The van der Waals surface area contributed by atoms with Crippen molar-refractivity contribution in [3.63, 3.8) is 0 Å². The summed E-state index contributed by atoms with van der Waals surface area (Å²) in [7, 11) is 0. The van der Waals surface area contributed by atoms with Gasteiger partial charge in [0.1, 0.15) is 24.2 Å². The number of hydrogen-bond acceptors (Lipinski definition) is 4. The van der Waals surface area contributed by atoms with E-state index >= 15 is 0 Å². The Hall–Kier alpha value is -1.34. The quantitative estimate of drug-likeness (QED) is 0.202. The molecule has 0 aliphatic rings. The van der Waals surface area contributed by atoms with Crippen LogP contribution in [0.3, 0.4) is 0 Å². The lowest BCUT2D eigenvalue weighted by Crippen LogP contribution is -2.01. The molecule has 1 unspecified atom stereocenters. The third kappa shape index (κ3) is 7.91. The van der Waals surface area contributed by atoms with Crippen LogP contribution in [0.2, 0.25) is 0 Å². The Balaban J connectivity index is 0.000000534. The molecule has 0 amide bonds. The molecule has 2 aromatic carbocycles. The molecule has 0 aliphatic carbocycles. The second-order valence-electron chi connectivity index (χ2n) is 7.52. The molecule has 0 fully saturated rings. The van der Waals surface area contributed by atoms with Gasteiger partial charge in [-0.2, -0.15) is 0 Å². The van der Waals surface area contributed by atoms with Crippen molar-refractivity contribution in [3.05, 3.63) is 68.1 Å². The Kier molecular flexibility index (Phi) is 11.8. The first-order valence-electron chi connectivity index (χ1n) is 10.9. The van der Waals surface area contributed by atoms with Crippen LogP contribution in [-0.4, -0.2) is 17.1 Å². The fraction of sp³-hybridized carbons (Fsp3) is 0.385. The van der Waals surface area contributed by atoms with E-state index in [1.54, 1.807) is 12.5 Å². The normalized spacial score (nSPS) is 12.4. The maximum absolute atomic E-state index is 11.9. The van der Waals surface area contributed by atoms with Crippen LogP contribution in [0.4, 0.5) is 0 Å². The number of thioether (sulfide) groups is 1. The van der Waals surface area contributed by atoms with Gasteiger partial charge in [-0.1, -0.05) is 63.4 Å². The van der Waals surface area contributed by atoms with Crippen molar-refractivity contribution in [3.8, 4) is 5.75 Å². The number of halogens is 1. The summed E-state index contributed by atoms with van der Waals surface area (Å²) in [5.41, 5.74) is 3.94. The molecule has 3 rings (SSSR count). The molecule has 174 valence electrons. The number of benzene rings is 2. The van der Waals surface area contributed by atoms with E-state index in [0.717, 1.165) is 42.1 Å². The van der Waals surface area contributed by atoms with E-state index in [-0.39, 0.29) is 0 Å². The van der Waals surface area contributed by atoms with Crippen molar-refractivity contribution in [2.75, 3.05) is 12.5 Å². The van der Waals surface area contributed by atoms with Crippen LogP contribution >= 0.6 is 27.7 Å². The predicted molar refractivity (Wildman–Crippen MR) is 145 cm³/mol. The van der Waals surface area contributed by atoms with Crippen molar-refractivity contribution < 1.29 is 13.7 Å². The molecule has 1 aromatic heterocycles. The van der Waals surface area contributed by atoms with Gasteiger partial charge in [-0.25, -0.2) is 0 Å². The van der Waals surface area contributed by atoms with E-state index < -0.39 is 11.2 Å². The number of rotatable bonds is 9. The molecule has 3 aromatic rings. The molecule has 0 aliphatic heterocycles. The van der Waals surface area contributed by atoms with Crippen LogP contribution in [-0.2, 0) is 17.8 Å². The molecule has 0 saturated heterocycles. The highest BCUT2D eigenvalue weighted by molar-refractivity contribution is 9.10. The minimum absolute atomic E-state index is 0.438. The first-order chi connectivity index (χ1) is 15.4. The van der Waals surface area contributed by atoms with Gasteiger partial charge in [0.25, 0.3) is 0 Å². The number of furan rings is 1. The molecule has 0 spiro atoms. The van der Waals surface area contributed by atoms with Crippen LogP contribution in [0.1, 0.15) is 56.2 Å². The van der Waals surface area contributed by atoms with Crippen molar-refractivity contribution >= 4 is 55.9 Å². The minimum atomic E-state index is -1.02. The average Bonchev–Trinajstić information content (AvgIpc) is 3.25. The molecule has 6 heteroatoms. The zero-order valence-electron chi connectivity index (χ0n) is 19.6. The second kappa shape index (κ2) is 14.0. The SMILES string of the molecule is CCCCCC.CSC(=Cc1c(C)cccc1OCc1cc(Br)c2occc2c1)[S+](C)[O-]. The summed E-state index contributed by atoms with van der Waals surface area (Å²) in [5.74, 6) is 0.783. The lowest BCUT2D eigenvalue weighted by molar-refractivity contribution is 0.305. The average molecular weight is 538 g/mol. The highest BCUT2D eigenvalue weighted by Crippen LogP contribution is 2.31. The highest BCUT2D eigenvalue weighted by Gasteiger charge is 2.13. The number of fused-ring (bicyclic) bond motifs is 1. The summed E-state index contributed by atoms with van der Waals surface area (Å²) in [4.78, 5) is 0. The lowest BCUT2D eigenvalue weighted by Gasteiger charge is -2.13. The lowest BCUT2D eigenvalue weighted by atomic mass is 10.1. The molecular weight excluding hydrogens is 504 g/mol. The highest BCUT2D eigenvalue weighted by atomic mass is 79.9. The van der Waals surface area contributed by atoms with E-state index in [1.807, 2.05) is 49.6 Å². The third-order valence-corrected chi connectivity index (χ3v) is 7.95. The molecule has 0 radical (unpaired) electrons. The van der Waals surface area contributed by atoms with Crippen LogP contribution in [0.5, 0.6) is 5.75 Å². The summed E-state index contributed by atoms with van der Waals surface area (Å²) >= 11 is 4.02. The second-order valence-corrected chi connectivity index (χ2v) is 10.8. The zero-order chi connectivity index (χ0) is 23.5. The van der Waals surface area contributed by atoms with E-state index in [9.17, 15) is 4.55 Å². The van der Waals surface area contributed by atoms with Gasteiger partial charge >= 0.3 is 0 Å².